The number of hydrogen-bond donors (Lipinski definition) is 0. The zero-order valence-electron chi connectivity index (χ0n) is 23.2. The third-order valence-corrected chi connectivity index (χ3v) is 11.0. The normalized spacial score (nSPS) is 41.8. The van der Waals surface area contributed by atoms with Crippen molar-refractivity contribution in [3.63, 3.8) is 0 Å². The first-order valence-electron chi connectivity index (χ1n) is 14.4. The molecule has 0 radical (unpaired) electrons. The molecule has 0 bridgehead atoms. The maximum atomic E-state index is 11.5. The van der Waals surface area contributed by atoms with Crippen molar-refractivity contribution in [1.82, 2.24) is 0 Å². The number of esters is 2. The lowest BCUT2D eigenvalue weighted by molar-refractivity contribution is -0.148. The Hall–Kier alpha value is -1.78. The Morgan fingerprint density at radius 2 is 1.92 bits per heavy atom. The number of hydrogen-bond acceptors (Lipinski definition) is 5. The summed E-state index contributed by atoms with van der Waals surface area (Å²) in [5.41, 5.74) is 3.62. The molecule has 0 aromatic carbocycles. The SMILES string of the molecule is CC(=O)OC[C@H](C)CCC1=C(C)[C@H]2[C@@H](C[C@H]3[C@@H]4CC=C5C[C@@H](OC(C)=O)CC[C@]5(C)[C@H]4CC[C@@]32C)O1. The lowest BCUT2D eigenvalue weighted by Gasteiger charge is -2.58. The van der Waals surface area contributed by atoms with Crippen LogP contribution < -0.4 is 0 Å². The third-order valence-electron chi connectivity index (χ3n) is 11.0. The van der Waals surface area contributed by atoms with Crippen molar-refractivity contribution in [2.75, 3.05) is 6.61 Å². The molecule has 3 saturated carbocycles. The molecule has 0 aromatic heterocycles. The molecule has 3 fully saturated rings. The van der Waals surface area contributed by atoms with Crippen LogP contribution in [0.1, 0.15) is 99.3 Å². The minimum absolute atomic E-state index is 0.0643. The van der Waals surface area contributed by atoms with Gasteiger partial charge in [0.1, 0.15) is 12.2 Å². The van der Waals surface area contributed by atoms with Crippen LogP contribution in [0.5, 0.6) is 0 Å². The molecular weight excluding hydrogens is 452 g/mol. The highest BCUT2D eigenvalue weighted by atomic mass is 16.5. The summed E-state index contributed by atoms with van der Waals surface area (Å²) in [5.74, 6) is 3.93. The zero-order chi connectivity index (χ0) is 25.8. The minimum atomic E-state index is -0.200. The Kier molecular flexibility index (Phi) is 6.83. The molecule has 5 rings (SSSR count). The van der Waals surface area contributed by atoms with Gasteiger partial charge in [-0.25, -0.2) is 0 Å². The molecule has 9 atom stereocenters. The predicted molar refractivity (Wildman–Crippen MR) is 139 cm³/mol. The average Bonchev–Trinajstić information content (AvgIpc) is 3.29. The van der Waals surface area contributed by atoms with Crippen LogP contribution in [0.25, 0.3) is 0 Å². The second kappa shape index (κ2) is 9.51. The van der Waals surface area contributed by atoms with Crippen LogP contribution in [-0.4, -0.2) is 30.8 Å². The average molecular weight is 499 g/mol. The number of allylic oxidation sites excluding steroid dienone is 2. The molecule has 5 nitrogen and oxygen atoms in total. The number of ether oxygens (including phenoxy) is 3. The zero-order valence-corrected chi connectivity index (χ0v) is 23.2. The van der Waals surface area contributed by atoms with Crippen LogP contribution >= 0.6 is 0 Å². The summed E-state index contributed by atoms with van der Waals surface area (Å²) < 4.78 is 17.5. The summed E-state index contributed by atoms with van der Waals surface area (Å²) in [6.45, 7) is 13.1. The van der Waals surface area contributed by atoms with E-state index in [1.54, 1.807) is 5.57 Å². The Morgan fingerprint density at radius 1 is 1.14 bits per heavy atom. The second-order valence-corrected chi connectivity index (χ2v) is 13.2. The van der Waals surface area contributed by atoms with Crippen molar-refractivity contribution >= 4 is 11.9 Å². The van der Waals surface area contributed by atoms with E-state index in [0.717, 1.165) is 43.9 Å². The van der Waals surface area contributed by atoms with E-state index >= 15 is 0 Å². The fourth-order valence-corrected chi connectivity index (χ4v) is 9.27. The van der Waals surface area contributed by atoms with Gasteiger partial charge < -0.3 is 14.2 Å². The fraction of sp³-hybridized carbons (Fsp3) is 0.806. The van der Waals surface area contributed by atoms with Crippen molar-refractivity contribution in [3.8, 4) is 0 Å². The molecule has 0 saturated heterocycles. The highest BCUT2D eigenvalue weighted by Crippen LogP contribution is 2.69. The van der Waals surface area contributed by atoms with Gasteiger partial charge in [-0.3, -0.25) is 9.59 Å². The molecule has 200 valence electrons. The Balaban J connectivity index is 1.29. The van der Waals surface area contributed by atoms with Gasteiger partial charge >= 0.3 is 11.9 Å². The lowest BCUT2D eigenvalue weighted by atomic mass is 9.47. The monoisotopic (exact) mass is 498 g/mol. The Labute approximate surface area is 217 Å². The number of carbonyl (C=O) groups excluding carboxylic acids is 2. The molecule has 1 heterocycles. The molecule has 0 N–H and O–H groups in total. The molecule has 5 heteroatoms. The summed E-state index contributed by atoms with van der Waals surface area (Å²) in [7, 11) is 0. The summed E-state index contributed by atoms with van der Waals surface area (Å²) in [6, 6.07) is 0. The Morgan fingerprint density at radius 3 is 2.64 bits per heavy atom. The minimum Gasteiger partial charge on any atom is -0.494 e. The van der Waals surface area contributed by atoms with Crippen molar-refractivity contribution in [2.45, 2.75) is 112 Å². The summed E-state index contributed by atoms with van der Waals surface area (Å²) >= 11 is 0. The van der Waals surface area contributed by atoms with E-state index < -0.39 is 0 Å². The van der Waals surface area contributed by atoms with Gasteiger partial charge in [0.2, 0.25) is 0 Å². The van der Waals surface area contributed by atoms with Crippen molar-refractivity contribution in [1.29, 1.82) is 0 Å². The van der Waals surface area contributed by atoms with Crippen LogP contribution in [0.15, 0.2) is 23.0 Å². The number of fused-ring (bicyclic) bond motifs is 7. The van der Waals surface area contributed by atoms with Crippen LogP contribution in [0.3, 0.4) is 0 Å². The van der Waals surface area contributed by atoms with Crippen LogP contribution in [-0.2, 0) is 23.8 Å². The number of carbonyl (C=O) groups is 2. The largest absolute Gasteiger partial charge is 0.494 e. The van der Waals surface area contributed by atoms with Crippen molar-refractivity contribution < 1.29 is 23.8 Å². The van der Waals surface area contributed by atoms with E-state index in [2.05, 4.69) is 33.8 Å². The molecular formula is C31H46O5. The summed E-state index contributed by atoms with van der Waals surface area (Å²) in [5, 5.41) is 0. The first-order valence-corrected chi connectivity index (χ1v) is 14.4. The smallest absolute Gasteiger partial charge is 0.302 e. The standard InChI is InChI=1S/C31H46O5/c1-18(17-34-20(3)32)7-10-27-19(2)29-28(36-27)16-26-24-9-8-22-15-23(35-21(4)33)11-13-30(22,5)25(24)12-14-31(26,29)6/h8,18,23-26,28-29H,7,9-17H2,1-6H3/t18-,23+,24-,25+,26+,28-,29+,30+,31+/m1/s1. The van der Waals surface area contributed by atoms with Gasteiger partial charge in [0.05, 0.1) is 12.4 Å². The maximum Gasteiger partial charge on any atom is 0.302 e. The summed E-state index contributed by atoms with van der Waals surface area (Å²) in [4.78, 5) is 22.7. The van der Waals surface area contributed by atoms with E-state index in [0.29, 0.717) is 35.9 Å². The molecule has 4 aliphatic carbocycles. The molecule has 0 aromatic rings. The topological polar surface area (TPSA) is 61.8 Å². The van der Waals surface area contributed by atoms with Gasteiger partial charge in [-0.1, -0.05) is 32.4 Å². The van der Waals surface area contributed by atoms with Gasteiger partial charge in [-0.05, 0) is 91.9 Å². The first-order chi connectivity index (χ1) is 17.0. The number of rotatable bonds is 6. The van der Waals surface area contributed by atoms with Crippen molar-refractivity contribution in [2.24, 2.45) is 40.4 Å². The molecule has 0 amide bonds. The van der Waals surface area contributed by atoms with E-state index in [1.165, 1.54) is 50.9 Å². The van der Waals surface area contributed by atoms with Gasteiger partial charge in [0, 0.05) is 32.6 Å². The molecule has 36 heavy (non-hydrogen) atoms. The van der Waals surface area contributed by atoms with E-state index in [-0.39, 0.29) is 23.5 Å². The molecule has 0 spiro atoms. The van der Waals surface area contributed by atoms with Crippen LogP contribution in [0, 0.1) is 40.4 Å². The van der Waals surface area contributed by atoms with Gasteiger partial charge in [0.25, 0.3) is 0 Å². The second-order valence-electron chi connectivity index (χ2n) is 13.2. The van der Waals surface area contributed by atoms with E-state index in [9.17, 15) is 9.59 Å². The van der Waals surface area contributed by atoms with Crippen molar-refractivity contribution in [3.05, 3.63) is 23.0 Å². The molecule has 0 unspecified atom stereocenters. The van der Waals surface area contributed by atoms with E-state index in [1.807, 2.05) is 0 Å². The maximum absolute atomic E-state index is 11.5. The lowest BCUT2D eigenvalue weighted by Crippen LogP contribution is -2.50. The van der Waals surface area contributed by atoms with Crippen LogP contribution in [0.2, 0.25) is 0 Å². The molecule has 5 aliphatic rings. The van der Waals surface area contributed by atoms with Gasteiger partial charge in [0.15, 0.2) is 0 Å². The van der Waals surface area contributed by atoms with Gasteiger partial charge in [-0.15, -0.1) is 0 Å². The molecule has 1 aliphatic heterocycles. The Bertz CT molecular complexity index is 964. The van der Waals surface area contributed by atoms with E-state index in [4.69, 9.17) is 14.2 Å². The predicted octanol–water partition coefficient (Wildman–Crippen LogP) is 6.76. The quantitative estimate of drug-likeness (QED) is 0.299. The fourth-order valence-electron chi connectivity index (χ4n) is 9.27. The highest BCUT2D eigenvalue weighted by molar-refractivity contribution is 5.66. The first kappa shape index (κ1) is 25.9. The van der Waals surface area contributed by atoms with Gasteiger partial charge in [-0.2, -0.15) is 0 Å². The summed E-state index contributed by atoms with van der Waals surface area (Å²) in [6.07, 6.45) is 12.9. The van der Waals surface area contributed by atoms with Crippen LogP contribution in [0.4, 0.5) is 0 Å². The highest BCUT2D eigenvalue weighted by Gasteiger charge is 2.63. The third kappa shape index (κ3) is 4.32.